The number of nitrogens with zero attached hydrogens (tertiary/aromatic N) is 2. The first-order valence-corrected chi connectivity index (χ1v) is 463. The van der Waals surface area contributed by atoms with Gasteiger partial charge in [0, 0.05) is 38.6 Å². The number of para-hydroxylation sites is 2. The molecule has 2 aromatic heterocycles. The fourth-order valence-electron chi connectivity index (χ4n) is 9.87. The molecule has 0 spiro atoms. The molecule has 0 saturated carbocycles. The number of hydrogen-bond acceptors (Lipinski definition) is 2. The molecule has 1 aliphatic rings. The average Bonchev–Trinajstić information content (AvgIpc) is 1.57. The van der Waals surface area contributed by atoms with E-state index in [1.165, 1.54) is 1700 Å². The van der Waals surface area contributed by atoms with Crippen molar-refractivity contribution in [3.8, 4) is 39.1 Å². The molecule has 11 aromatic rings. The zero-order valence-electron chi connectivity index (χ0n) is 85.4. The molecule has 0 bridgehead atoms. The molecule has 0 saturated heterocycles. The number of aromatic nitrogens is 1. The van der Waals surface area contributed by atoms with Gasteiger partial charge in [-0.1, -0.05) is 141 Å². The summed E-state index contributed by atoms with van der Waals surface area (Å²) in [6, 6.07) is 74.8. The van der Waals surface area contributed by atoms with Crippen LogP contribution in [-0.2, 0) is 5.41 Å². The molecule has 0 unspecified atom stereocenters. The van der Waals surface area contributed by atoms with Crippen molar-refractivity contribution in [1.29, 1.82) is 0 Å². The molecular weight excluding hydrogens is 2760 g/mol. The van der Waals surface area contributed by atoms with Gasteiger partial charge in [0.15, 0.2) is 0 Å². The van der Waals surface area contributed by atoms with Crippen LogP contribution in [0.25, 0.3) is 82.8 Å². The molecule has 112 heavy (non-hydrogen) atoms. The molecule has 1 aliphatic carbocycles. The van der Waals surface area contributed by atoms with Crippen LogP contribution in [0.4, 0.5) is 17.1 Å². The molecule has 0 radical (unpaired) electrons. The minimum absolute atomic E-state index is 0.136. The van der Waals surface area contributed by atoms with Crippen molar-refractivity contribution in [3.05, 3.63) is 217 Å². The van der Waals surface area contributed by atoms with E-state index < -0.39 is 0 Å². The van der Waals surface area contributed by atoms with Gasteiger partial charge in [0.2, 0.25) is 0 Å². The van der Waals surface area contributed by atoms with E-state index >= 15 is 0 Å². The molecule has 0 N–H and O–H groups in total. The van der Waals surface area contributed by atoms with Crippen LogP contribution in [0, 0.1) is 0 Å². The minimum atomic E-state index is -0.136. The number of rotatable bonds is 6. The van der Waals surface area contributed by atoms with E-state index in [4.69, 9.17) is 4.42 Å². The van der Waals surface area contributed by atoms with E-state index in [1.807, 2.05) is 0 Å². The van der Waals surface area contributed by atoms with Gasteiger partial charge in [-0.15, -0.1) is 0 Å². The third kappa shape index (κ3) is 115. The first-order chi connectivity index (χ1) is 55.5. The van der Waals surface area contributed by atoms with E-state index in [0.717, 1.165) is 50.3 Å². The van der Waals surface area contributed by atoms with E-state index in [1.54, 1.807) is 0 Å². The van der Waals surface area contributed by atoms with Gasteiger partial charge < -0.3 is 13.9 Å². The molecule has 0 amide bonds. The Balaban J connectivity index is -0.000000120. The van der Waals surface area contributed by atoms with Crippen LogP contribution in [0.5, 0.6) is 0 Å². The van der Waals surface area contributed by atoms with Crippen LogP contribution >= 0.6 is 0 Å². The van der Waals surface area contributed by atoms with Crippen molar-refractivity contribution < 1.29 is 4.42 Å². The van der Waals surface area contributed by atoms with Crippen molar-refractivity contribution in [2.45, 2.75) is 19.3 Å². The van der Waals surface area contributed by atoms with Gasteiger partial charge >= 0.3 is 1640 Å². The summed E-state index contributed by atoms with van der Waals surface area (Å²) in [7, 11) is 0. The van der Waals surface area contributed by atoms with E-state index in [2.05, 4.69) is 230 Å². The number of hydrogen-bond donors (Lipinski definition) is 0. The second-order valence-corrected chi connectivity index (χ2v) is 16.5. The third-order valence-electron chi connectivity index (χ3n) is 12.8. The van der Waals surface area contributed by atoms with Crippen molar-refractivity contribution in [2.75, 3.05) is 4.90 Å². The van der Waals surface area contributed by atoms with Crippen LogP contribution in [0.15, 0.2) is 211 Å². The molecule has 0 atom stereocenters. The Labute approximate surface area is 1860 Å². The van der Waals surface area contributed by atoms with Crippen LogP contribution in [0.3, 0.4) is 0 Å². The zero-order chi connectivity index (χ0) is 92.0. The number of furan rings is 1. The summed E-state index contributed by atoms with van der Waals surface area (Å²) in [6.07, 6.45) is 0. The third-order valence-corrected chi connectivity index (χ3v) is 12.8. The van der Waals surface area contributed by atoms with E-state index in [-0.39, 0.29) is 5.41 Å². The SMILES string of the molecule is CC1(C)c2ccccc2-c2ccc(N(c3ccc(-c4ccccc4)cc3)c3cccc4oc5ccc(-c6ccc7c(c6)c6ccccc6n7-c6ccccc6)cc5c34)cc21.[K][K].[K][K].[K][K].[K][K].[K][K].[K][K].[K][K].[K][K].[K][K].[K][K].[K][K].[K][K].[K][K].[K][K].[K][K].[K][K].[K][K].[K][K].[K][K].[K][K].[K][K].[K][K].[K][K].[K][K].[K][K].[K][K]. The Kier molecular flexibility index (Phi) is 384. The first kappa shape index (κ1) is 221. The Bertz CT molecular complexity index is 3560. The summed E-state index contributed by atoms with van der Waals surface area (Å²) in [6.45, 7) is 4.70. The summed E-state index contributed by atoms with van der Waals surface area (Å²) >= 11 is 65.0. The first-order valence-electron chi connectivity index (χ1n) is 46.8. The molecular formula is C57H40K52N2O. The second kappa shape index (κ2) is 195. The van der Waals surface area contributed by atoms with Gasteiger partial charge in [0.1, 0.15) is 11.2 Å². The van der Waals surface area contributed by atoms with Crippen molar-refractivity contribution in [3.63, 3.8) is 0 Å². The van der Waals surface area contributed by atoms with Gasteiger partial charge in [-0.2, -0.15) is 0 Å². The Morgan fingerprint density at radius 2 is 0.580 bits per heavy atom. The maximum absolute atomic E-state index is 6.68. The zero-order valence-corrected chi connectivity index (χ0v) is 248. The summed E-state index contributed by atoms with van der Waals surface area (Å²) in [5.41, 5.74) is 18.4. The van der Waals surface area contributed by atoms with Gasteiger partial charge in [-0.25, -0.2) is 0 Å². The molecule has 336 valence electrons. The van der Waals surface area contributed by atoms with E-state index in [9.17, 15) is 0 Å². The number of anilines is 3. The molecule has 9 aromatic carbocycles. The van der Waals surface area contributed by atoms with Crippen LogP contribution in [0.2, 0.25) is 0 Å². The molecule has 55 heteroatoms. The number of benzene rings is 9. The second-order valence-electron chi connectivity index (χ2n) is 16.5. The summed E-state index contributed by atoms with van der Waals surface area (Å²) < 4.78 is 9.05. The standard InChI is InChI=1S/C57H40N2O.52K/c1-57(2)49-20-11-9-18-44(49)45-31-30-43(36-50(45)57)58(42-28-24-38(25-29-42)37-14-5-3-6-15-37)53-22-13-23-55-56(53)48-35-40(27-33-54(48)60-55)39-26-32-52-47(34-39)46-19-10-12-21-51(46)59(52)41-16-7-4-8-17-41;;;;;;;;;;;;;;;;;;;;;;;;;;;;;;;;;;;;;;;;;;;;;;;;;;;;/h3-36H,1-2H3;;;;;;;;;;;;;;;;;;;;;;;;;;;;;;;;;;;;;;;;;;;;;;;;;;;;. The summed E-state index contributed by atoms with van der Waals surface area (Å²) in [5.74, 6) is 0. The van der Waals surface area contributed by atoms with Gasteiger partial charge in [-0.3, -0.25) is 0 Å². The molecule has 0 aliphatic heterocycles. The molecule has 12 rings (SSSR count). The molecule has 3 nitrogen and oxygen atoms in total. The summed E-state index contributed by atoms with van der Waals surface area (Å²) in [4.78, 5) is 2.42. The van der Waals surface area contributed by atoms with Gasteiger partial charge in [-0.05, 0) is 123 Å². The molecule has 0 fully saturated rings. The van der Waals surface area contributed by atoms with Crippen LogP contribution < -0.4 is 4.90 Å². The van der Waals surface area contributed by atoms with E-state index in [0.29, 0.717) is 0 Å². The van der Waals surface area contributed by atoms with Crippen molar-refractivity contribution in [2.24, 2.45) is 0 Å². The van der Waals surface area contributed by atoms with Crippen LogP contribution in [-0.4, -0.2) is 1650 Å². The quantitative estimate of drug-likeness (QED) is 0.159. The predicted molar refractivity (Wildman–Crippen MR) is 550 cm³/mol. The fourth-order valence-corrected chi connectivity index (χ4v) is 9.87. The monoisotopic (exact) mass is 2790 g/mol. The summed E-state index contributed by atoms with van der Waals surface area (Å²) in [5, 5.41) is 4.65. The molecule has 2 heterocycles. The normalized spacial score (nSPS) is 8.80. The Morgan fingerprint density at radius 1 is 0.241 bits per heavy atom. The van der Waals surface area contributed by atoms with Gasteiger partial charge in [0.05, 0.1) is 22.1 Å². The topological polar surface area (TPSA) is 21.3 Å². The Morgan fingerprint density at radius 3 is 1.03 bits per heavy atom. The van der Waals surface area contributed by atoms with Crippen LogP contribution in [0.1, 0.15) is 25.0 Å². The average molecular weight is 2800 g/mol. The number of fused-ring (bicyclic) bond motifs is 9. The van der Waals surface area contributed by atoms with Gasteiger partial charge in [0.25, 0.3) is 0 Å². The Hall–Kier alpha value is 77.5. The fraction of sp³-hybridized carbons (Fsp3) is 0.0526. The van der Waals surface area contributed by atoms with Crippen molar-refractivity contribution in [1.82, 2.24) is 4.57 Å². The maximum atomic E-state index is 6.68. The van der Waals surface area contributed by atoms with Crippen molar-refractivity contribution >= 4 is 1700 Å². The predicted octanol–water partition coefficient (Wildman–Crippen LogP) is -4.01.